The van der Waals surface area contributed by atoms with Crippen molar-refractivity contribution < 1.29 is 9.90 Å². The lowest BCUT2D eigenvalue weighted by molar-refractivity contribution is -0.144. The zero-order valence-corrected chi connectivity index (χ0v) is 13.6. The molecule has 0 heterocycles. The van der Waals surface area contributed by atoms with Crippen molar-refractivity contribution in [1.82, 2.24) is 5.32 Å². The zero-order chi connectivity index (χ0) is 15.9. The van der Waals surface area contributed by atoms with Crippen molar-refractivity contribution in [2.24, 2.45) is 0 Å². The average molecular weight is 292 g/mol. The SMILES string of the molecule is CCNC(C)(CCCN(CC)c1ccc(C)cc1)C(=O)O. The molecule has 1 atom stereocenters. The lowest BCUT2D eigenvalue weighted by Crippen LogP contribution is -2.49. The van der Waals surface area contributed by atoms with E-state index < -0.39 is 11.5 Å². The van der Waals surface area contributed by atoms with Crippen LogP contribution in [0.2, 0.25) is 0 Å². The lowest BCUT2D eigenvalue weighted by atomic mass is 9.95. The molecular weight excluding hydrogens is 264 g/mol. The van der Waals surface area contributed by atoms with Crippen LogP contribution in [0, 0.1) is 6.92 Å². The minimum Gasteiger partial charge on any atom is -0.480 e. The topological polar surface area (TPSA) is 52.6 Å². The molecule has 0 saturated carbocycles. The van der Waals surface area contributed by atoms with E-state index in [2.05, 4.69) is 48.3 Å². The van der Waals surface area contributed by atoms with Crippen molar-refractivity contribution in [1.29, 1.82) is 0 Å². The first-order valence-corrected chi connectivity index (χ1v) is 7.73. The van der Waals surface area contributed by atoms with E-state index >= 15 is 0 Å². The van der Waals surface area contributed by atoms with Crippen molar-refractivity contribution in [2.75, 3.05) is 24.5 Å². The summed E-state index contributed by atoms with van der Waals surface area (Å²) in [6.07, 6.45) is 1.47. The van der Waals surface area contributed by atoms with Gasteiger partial charge in [-0.1, -0.05) is 24.6 Å². The number of anilines is 1. The molecule has 1 aromatic carbocycles. The highest BCUT2D eigenvalue weighted by Crippen LogP contribution is 2.18. The molecule has 0 aliphatic carbocycles. The standard InChI is InChI=1S/C17H28N2O2/c1-5-18-17(4,16(20)21)12-7-13-19(6-2)15-10-8-14(3)9-11-15/h8-11,18H,5-7,12-13H2,1-4H3,(H,20,21). The van der Waals surface area contributed by atoms with Crippen LogP contribution in [0.25, 0.3) is 0 Å². The molecule has 0 amide bonds. The van der Waals surface area contributed by atoms with E-state index in [-0.39, 0.29) is 0 Å². The number of hydrogen-bond donors (Lipinski definition) is 2. The van der Waals surface area contributed by atoms with Crippen LogP contribution >= 0.6 is 0 Å². The number of carbonyl (C=O) groups is 1. The number of aliphatic carboxylic acids is 1. The Bertz CT molecular complexity index is 445. The molecule has 2 N–H and O–H groups in total. The number of nitrogens with one attached hydrogen (secondary N) is 1. The molecule has 1 aromatic rings. The van der Waals surface area contributed by atoms with Crippen molar-refractivity contribution in [3.05, 3.63) is 29.8 Å². The molecule has 0 spiro atoms. The maximum atomic E-state index is 11.4. The molecule has 0 aromatic heterocycles. The fraction of sp³-hybridized carbons (Fsp3) is 0.588. The summed E-state index contributed by atoms with van der Waals surface area (Å²) in [6.45, 7) is 10.4. The van der Waals surface area contributed by atoms with E-state index in [4.69, 9.17) is 0 Å². The molecule has 0 aliphatic rings. The molecule has 0 fully saturated rings. The predicted octanol–water partition coefficient (Wildman–Crippen LogP) is 3.05. The number of nitrogens with zero attached hydrogens (tertiary/aromatic N) is 1. The van der Waals surface area contributed by atoms with Gasteiger partial charge in [0.25, 0.3) is 0 Å². The van der Waals surface area contributed by atoms with Gasteiger partial charge >= 0.3 is 5.97 Å². The number of aryl methyl sites for hydroxylation is 1. The Balaban J connectivity index is 2.59. The number of rotatable bonds is 9. The second-order valence-corrected chi connectivity index (χ2v) is 5.69. The van der Waals surface area contributed by atoms with Gasteiger partial charge in [0.1, 0.15) is 5.54 Å². The summed E-state index contributed by atoms with van der Waals surface area (Å²) in [5.74, 6) is -0.775. The van der Waals surface area contributed by atoms with Crippen LogP contribution in [0.15, 0.2) is 24.3 Å². The highest BCUT2D eigenvalue weighted by Gasteiger charge is 2.31. The second-order valence-electron chi connectivity index (χ2n) is 5.69. The van der Waals surface area contributed by atoms with Crippen molar-refractivity contribution in [3.63, 3.8) is 0 Å². The summed E-state index contributed by atoms with van der Waals surface area (Å²) in [4.78, 5) is 13.7. The predicted molar refractivity (Wildman–Crippen MR) is 88.0 cm³/mol. The van der Waals surface area contributed by atoms with E-state index in [0.29, 0.717) is 13.0 Å². The smallest absolute Gasteiger partial charge is 0.323 e. The summed E-state index contributed by atoms with van der Waals surface area (Å²) in [6, 6.07) is 8.47. The Morgan fingerprint density at radius 3 is 2.38 bits per heavy atom. The number of carboxylic acids is 1. The van der Waals surface area contributed by atoms with Gasteiger partial charge in [0.2, 0.25) is 0 Å². The van der Waals surface area contributed by atoms with Crippen LogP contribution in [0.1, 0.15) is 39.2 Å². The van der Waals surface area contributed by atoms with Crippen LogP contribution in [-0.4, -0.2) is 36.2 Å². The molecule has 0 aliphatic heterocycles. The van der Waals surface area contributed by atoms with E-state index in [9.17, 15) is 9.90 Å². The quantitative estimate of drug-likeness (QED) is 0.734. The summed E-state index contributed by atoms with van der Waals surface area (Å²) in [5.41, 5.74) is 1.62. The third-order valence-electron chi connectivity index (χ3n) is 3.92. The minimum atomic E-state index is -0.832. The Kier molecular flexibility index (Phi) is 6.69. The molecule has 1 unspecified atom stereocenters. The van der Waals surface area contributed by atoms with Crippen molar-refractivity contribution in [2.45, 2.75) is 46.1 Å². The summed E-state index contributed by atoms with van der Waals surface area (Å²) in [5, 5.41) is 12.4. The van der Waals surface area contributed by atoms with Gasteiger partial charge in [-0.25, -0.2) is 0 Å². The normalized spacial score (nSPS) is 13.7. The van der Waals surface area contributed by atoms with E-state index in [0.717, 1.165) is 19.5 Å². The number of hydrogen-bond acceptors (Lipinski definition) is 3. The summed E-state index contributed by atoms with van der Waals surface area (Å²) >= 11 is 0. The Morgan fingerprint density at radius 2 is 1.90 bits per heavy atom. The van der Waals surface area contributed by atoms with Crippen LogP contribution in [0.3, 0.4) is 0 Å². The van der Waals surface area contributed by atoms with Crippen molar-refractivity contribution in [3.8, 4) is 0 Å². The first-order valence-electron chi connectivity index (χ1n) is 7.73. The third kappa shape index (κ3) is 5.05. The van der Waals surface area contributed by atoms with Crippen molar-refractivity contribution >= 4 is 11.7 Å². The highest BCUT2D eigenvalue weighted by atomic mass is 16.4. The Labute approximate surface area is 128 Å². The average Bonchev–Trinajstić information content (AvgIpc) is 2.45. The van der Waals surface area contributed by atoms with Gasteiger partial charge in [0.15, 0.2) is 0 Å². The highest BCUT2D eigenvalue weighted by molar-refractivity contribution is 5.78. The number of likely N-dealkylation sites (N-methyl/N-ethyl adjacent to an activating group) is 1. The zero-order valence-electron chi connectivity index (χ0n) is 13.6. The molecule has 0 saturated heterocycles. The summed E-state index contributed by atoms with van der Waals surface area (Å²) in [7, 11) is 0. The number of carboxylic acid groups (broad SMARTS) is 1. The molecular formula is C17H28N2O2. The first-order chi connectivity index (χ1) is 9.92. The van der Waals surface area contributed by atoms with Crippen LogP contribution in [-0.2, 0) is 4.79 Å². The Hall–Kier alpha value is -1.55. The van der Waals surface area contributed by atoms with E-state index in [1.165, 1.54) is 11.3 Å². The Morgan fingerprint density at radius 1 is 1.29 bits per heavy atom. The van der Waals surface area contributed by atoms with Gasteiger partial charge in [0.05, 0.1) is 0 Å². The largest absolute Gasteiger partial charge is 0.480 e. The monoisotopic (exact) mass is 292 g/mol. The molecule has 1 rings (SSSR count). The first kappa shape index (κ1) is 17.5. The molecule has 21 heavy (non-hydrogen) atoms. The minimum absolute atomic E-state index is 0.624. The van der Waals surface area contributed by atoms with Crippen LogP contribution < -0.4 is 10.2 Å². The van der Waals surface area contributed by atoms with Gasteiger partial charge < -0.3 is 15.3 Å². The third-order valence-corrected chi connectivity index (χ3v) is 3.92. The molecule has 4 nitrogen and oxygen atoms in total. The molecule has 0 bridgehead atoms. The fourth-order valence-corrected chi connectivity index (χ4v) is 2.51. The maximum Gasteiger partial charge on any atom is 0.323 e. The van der Waals surface area contributed by atoms with Crippen LogP contribution in [0.4, 0.5) is 5.69 Å². The molecule has 118 valence electrons. The number of benzene rings is 1. The fourth-order valence-electron chi connectivity index (χ4n) is 2.51. The van der Waals surface area contributed by atoms with Gasteiger partial charge in [-0.2, -0.15) is 0 Å². The maximum absolute atomic E-state index is 11.4. The van der Waals surface area contributed by atoms with Gasteiger partial charge in [-0.15, -0.1) is 0 Å². The van der Waals surface area contributed by atoms with Crippen LogP contribution in [0.5, 0.6) is 0 Å². The second kappa shape index (κ2) is 8.03. The lowest BCUT2D eigenvalue weighted by Gasteiger charge is -2.28. The van der Waals surface area contributed by atoms with Gasteiger partial charge in [-0.3, -0.25) is 4.79 Å². The van der Waals surface area contributed by atoms with Gasteiger partial charge in [-0.05, 0) is 52.3 Å². The van der Waals surface area contributed by atoms with Gasteiger partial charge in [0, 0.05) is 18.8 Å². The van der Waals surface area contributed by atoms with E-state index in [1.54, 1.807) is 6.92 Å². The van der Waals surface area contributed by atoms with E-state index in [1.807, 2.05) is 6.92 Å². The molecule has 0 radical (unpaired) electrons. The summed E-state index contributed by atoms with van der Waals surface area (Å²) < 4.78 is 0. The molecule has 4 heteroatoms.